The number of thiophene rings is 1. The van der Waals surface area contributed by atoms with E-state index in [-0.39, 0.29) is 10.8 Å². The molecule has 2 atom stereocenters. The molecule has 2 unspecified atom stereocenters. The fourth-order valence-corrected chi connectivity index (χ4v) is 11.9. The van der Waals surface area contributed by atoms with Crippen LogP contribution in [0.5, 0.6) is 0 Å². The Bertz CT molecular complexity index is 3310. The summed E-state index contributed by atoms with van der Waals surface area (Å²) in [6.07, 6.45) is 0. The summed E-state index contributed by atoms with van der Waals surface area (Å²) >= 11 is 1.87. The summed E-state index contributed by atoms with van der Waals surface area (Å²) in [6.45, 7) is 4.80. The summed E-state index contributed by atoms with van der Waals surface area (Å²) in [5.74, 6) is 0. The molecular formula is C58H41NS. The molecule has 9 aromatic carbocycles. The third-order valence-corrected chi connectivity index (χ3v) is 14.8. The highest BCUT2D eigenvalue weighted by molar-refractivity contribution is 7.25. The summed E-state index contributed by atoms with van der Waals surface area (Å²) in [5, 5.41) is 2.64. The fourth-order valence-electron chi connectivity index (χ4n) is 10.8. The van der Waals surface area contributed by atoms with Gasteiger partial charge in [-0.1, -0.05) is 170 Å². The second kappa shape index (κ2) is 13.3. The Morgan fingerprint density at radius 2 is 0.933 bits per heavy atom. The van der Waals surface area contributed by atoms with Gasteiger partial charge in [0.1, 0.15) is 0 Å². The van der Waals surface area contributed by atoms with Crippen LogP contribution in [0.25, 0.3) is 53.6 Å². The van der Waals surface area contributed by atoms with Gasteiger partial charge in [-0.05, 0) is 118 Å². The van der Waals surface area contributed by atoms with Gasteiger partial charge in [-0.25, -0.2) is 0 Å². The monoisotopic (exact) mass is 783 g/mol. The summed E-state index contributed by atoms with van der Waals surface area (Å²) in [6, 6.07) is 79.1. The Balaban J connectivity index is 1.12. The van der Waals surface area contributed by atoms with Crippen LogP contribution in [0, 0.1) is 0 Å². The number of fused-ring (bicyclic) bond motifs is 9. The van der Waals surface area contributed by atoms with Crippen molar-refractivity contribution >= 4 is 48.6 Å². The molecule has 0 spiro atoms. The minimum atomic E-state index is -0.319. The fraction of sp³-hybridized carbons (Fsp3) is 0.0690. The molecular weight excluding hydrogens is 743 g/mol. The maximum atomic E-state index is 2.53. The van der Waals surface area contributed by atoms with Crippen molar-refractivity contribution in [2.45, 2.75) is 24.7 Å². The summed E-state index contributed by atoms with van der Waals surface area (Å²) < 4.78 is 2.63. The van der Waals surface area contributed by atoms with E-state index in [4.69, 9.17) is 0 Å². The zero-order valence-electron chi connectivity index (χ0n) is 33.6. The average molecular weight is 784 g/mol. The Labute approximate surface area is 355 Å². The quantitative estimate of drug-likeness (QED) is 0.162. The Morgan fingerprint density at radius 3 is 1.72 bits per heavy atom. The molecule has 0 N–H and O–H groups in total. The minimum absolute atomic E-state index is 0.275. The lowest BCUT2D eigenvalue weighted by Crippen LogP contribution is -2.22. The molecule has 1 aromatic heterocycles. The third kappa shape index (κ3) is 4.92. The normalized spacial score (nSPS) is 17.3. The van der Waals surface area contributed by atoms with Gasteiger partial charge in [0.05, 0.1) is 5.69 Å². The maximum Gasteiger partial charge on any atom is 0.0543 e. The highest BCUT2D eigenvalue weighted by Gasteiger charge is 2.44. The molecule has 2 aliphatic rings. The highest BCUT2D eigenvalue weighted by atomic mass is 32.1. The standard InChI is InChI=1S/C58H41NS/c1-57(39-19-5-3-6-20-39)48-28-12-9-24-44(48)47-37-42(34-35-50(47)57)59(41-23-15-18-38(36-41)43-27-16-33-54-55(43)46-26-11-14-32-53(46)60-54)52-31-17-30-51-56(52)45-25-10-13-29-49(45)58(51,2)40-21-7-4-8-22-40/h3-37H,1-2H3. The Hall–Kier alpha value is -7.00. The zero-order chi connectivity index (χ0) is 40.0. The van der Waals surface area contributed by atoms with Crippen molar-refractivity contribution in [1.29, 1.82) is 0 Å². The Morgan fingerprint density at radius 1 is 0.383 bits per heavy atom. The first-order valence-corrected chi connectivity index (χ1v) is 21.7. The third-order valence-electron chi connectivity index (χ3n) is 13.6. The molecule has 0 bridgehead atoms. The molecule has 1 nitrogen and oxygen atoms in total. The van der Waals surface area contributed by atoms with Gasteiger partial charge in [-0.15, -0.1) is 11.3 Å². The van der Waals surface area contributed by atoms with Crippen molar-refractivity contribution < 1.29 is 0 Å². The molecule has 60 heavy (non-hydrogen) atoms. The van der Waals surface area contributed by atoms with Gasteiger partial charge in [-0.2, -0.15) is 0 Å². The molecule has 12 rings (SSSR count). The number of anilines is 3. The first-order valence-electron chi connectivity index (χ1n) is 20.9. The maximum absolute atomic E-state index is 2.53. The van der Waals surface area contributed by atoms with Crippen molar-refractivity contribution in [3.8, 4) is 33.4 Å². The summed E-state index contributed by atoms with van der Waals surface area (Å²) in [7, 11) is 0. The smallest absolute Gasteiger partial charge is 0.0543 e. The number of benzene rings is 9. The number of rotatable bonds is 6. The van der Waals surface area contributed by atoms with Crippen LogP contribution in [0.4, 0.5) is 17.1 Å². The van der Waals surface area contributed by atoms with Gasteiger partial charge < -0.3 is 4.90 Å². The SMILES string of the molecule is CC1(c2ccccc2)c2ccccc2-c2cc(N(c3cccc(-c4cccc5sc6ccccc6c45)c3)c3cccc4c3-c3ccccc3C4(C)c3ccccc3)ccc21. The van der Waals surface area contributed by atoms with E-state index in [1.54, 1.807) is 0 Å². The van der Waals surface area contributed by atoms with Crippen LogP contribution >= 0.6 is 11.3 Å². The highest BCUT2D eigenvalue weighted by Crippen LogP contribution is 2.58. The molecule has 1 heterocycles. The lowest BCUT2D eigenvalue weighted by molar-refractivity contribution is 0.713. The molecule has 284 valence electrons. The van der Waals surface area contributed by atoms with E-state index >= 15 is 0 Å². The van der Waals surface area contributed by atoms with Gasteiger partial charge in [0.25, 0.3) is 0 Å². The second-order valence-corrected chi connectivity index (χ2v) is 17.7. The minimum Gasteiger partial charge on any atom is -0.310 e. The van der Waals surface area contributed by atoms with E-state index in [0.717, 1.165) is 11.4 Å². The predicted octanol–water partition coefficient (Wildman–Crippen LogP) is 15.9. The molecule has 2 aliphatic carbocycles. The van der Waals surface area contributed by atoms with Gasteiger partial charge in [0.2, 0.25) is 0 Å². The predicted molar refractivity (Wildman–Crippen MR) is 254 cm³/mol. The number of nitrogens with zero attached hydrogens (tertiary/aromatic N) is 1. The van der Waals surface area contributed by atoms with Crippen LogP contribution in [0.3, 0.4) is 0 Å². The Kier molecular flexibility index (Phi) is 7.73. The van der Waals surface area contributed by atoms with Crippen molar-refractivity contribution in [3.63, 3.8) is 0 Å². The van der Waals surface area contributed by atoms with Crippen LogP contribution in [-0.4, -0.2) is 0 Å². The van der Waals surface area contributed by atoms with E-state index in [1.807, 2.05) is 11.3 Å². The molecule has 10 aromatic rings. The molecule has 0 saturated heterocycles. The molecule has 0 fully saturated rings. The van der Waals surface area contributed by atoms with E-state index in [1.165, 1.54) is 92.6 Å². The average Bonchev–Trinajstić information content (AvgIpc) is 3.92. The van der Waals surface area contributed by atoms with E-state index in [0.29, 0.717) is 0 Å². The van der Waals surface area contributed by atoms with Crippen molar-refractivity contribution in [3.05, 3.63) is 246 Å². The van der Waals surface area contributed by atoms with Gasteiger partial charge in [0, 0.05) is 47.9 Å². The molecule has 2 heteroatoms. The van der Waals surface area contributed by atoms with Crippen molar-refractivity contribution in [2.24, 2.45) is 0 Å². The van der Waals surface area contributed by atoms with E-state index < -0.39 is 0 Å². The van der Waals surface area contributed by atoms with Crippen molar-refractivity contribution in [1.82, 2.24) is 0 Å². The molecule has 0 aliphatic heterocycles. The summed E-state index contributed by atoms with van der Waals surface area (Å²) in [5.41, 5.74) is 18.4. The van der Waals surface area contributed by atoms with Gasteiger partial charge in [0.15, 0.2) is 0 Å². The van der Waals surface area contributed by atoms with Crippen LogP contribution in [0.15, 0.2) is 212 Å². The number of hydrogen-bond acceptors (Lipinski definition) is 2. The second-order valence-electron chi connectivity index (χ2n) is 16.7. The summed E-state index contributed by atoms with van der Waals surface area (Å²) in [4.78, 5) is 2.53. The topological polar surface area (TPSA) is 3.24 Å². The van der Waals surface area contributed by atoms with E-state index in [2.05, 4.69) is 231 Å². The number of hydrogen-bond donors (Lipinski definition) is 0. The molecule has 0 saturated carbocycles. The lowest BCUT2D eigenvalue weighted by Gasteiger charge is -2.31. The van der Waals surface area contributed by atoms with E-state index in [9.17, 15) is 0 Å². The van der Waals surface area contributed by atoms with Crippen LogP contribution in [0.1, 0.15) is 47.2 Å². The van der Waals surface area contributed by atoms with Crippen LogP contribution in [0.2, 0.25) is 0 Å². The van der Waals surface area contributed by atoms with Gasteiger partial charge >= 0.3 is 0 Å². The lowest BCUT2D eigenvalue weighted by atomic mass is 9.74. The zero-order valence-corrected chi connectivity index (χ0v) is 34.4. The van der Waals surface area contributed by atoms with Crippen LogP contribution in [-0.2, 0) is 10.8 Å². The van der Waals surface area contributed by atoms with Gasteiger partial charge in [-0.3, -0.25) is 0 Å². The van der Waals surface area contributed by atoms with Crippen LogP contribution < -0.4 is 4.90 Å². The molecule has 0 radical (unpaired) electrons. The first-order chi connectivity index (χ1) is 29.5. The largest absolute Gasteiger partial charge is 0.310 e. The van der Waals surface area contributed by atoms with Crippen molar-refractivity contribution in [2.75, 3.05) is 4.90 Å². The first kappa shape index (κ1) is 35.0. The molecule has 0 amide bonds.